The van der Waals surface area contributed by atoms with Gasteiger partial charge < -0.3 is 0 Å². The molecule has 0 nitrogen and oxygen atoms in total. The van der Waals surface area contributed by atoms with E-state index in [1.807, 2.05) is 17.8 Å². The smallest absolute Gasteiger partial charge is 0.0157 e. The van der Waals surface area contributed by atoms with Crippen molar-refractivity contribution >= 4 is 24.2 Å². The lowest BCUT2D eigenvalue weighted by Crippen LogP contribution is -1.67. The van der Waals surface area contributed by atoms with E-state index in [1.54, 1.807) is 0 Å². The maximum atomic E-state index is 2.14. The molecule has 0 spiro atoms. The first-order valence-electron chi connectivity index (χ1n) is 1.93. The van der Waals surface area contributed by atoms with E-state index in [2.05, 4.69) is 17.6 Å². The maximum Gasteiger partial charge on any atom is 0.0157 e. The SMILES string of the molecule is C1=CCSC=C1.Cl. The second-order valence-electron chi connectivity index (χ2n) is 1.09. The largest absolute Gasteiger partial charge is 0.147 e. The summed E-state index contributed by atoms with van der Waals surface area (Å²) in [6.07, 6.45) is 6.26. The molecule has 0 atom stereocenters. The van der Waals surface area contributed by atoms with Gasteiger partial charge in [0.15, 0.2) is 0 Å². The Morgan fingerprint density at radius 3 is 2.29 bits per heavy atom. The molecule has 1 aliphatic heterocycles. The van der Waals surface area contributed by atoms with Crippen LogP contribution >= 0.6 is 24.2 Å². The van der Waals surface area contributed by atoms with Crippen LogP contribution in [0.2, 0.25) is 0 Å². The molecule has 0 saturated heterocycles. The van der Waals surface area contributed by atoms with Gasteiger partial charge in [-0.25, -0.2) is 0 Å². The van der Waals surface area contributed by atoms with Crippen molar-refractivity contribution in [2.45, 2.75) is 0 Å². The fourth-order valence-electron chi connectivity index (χ4n) is 0.346. The van der Waals surface area contributed by atoms with Gasteiger partial charge in [0.25, 0.3) is 0 Å². The van der Waals surface area contributed by atoms with E-state index in [0.717, 1.165) is 5.75 Å². The van der Waals surface area contributed by atoms with Crippen molar-refractivity contribution in [3.05, 3.63) is 23.6 Å². The Balaban J connectivity index is 0.000000360. The summed E-state index contributed by atoms with van der Waals surface area (Å²) in [6, 6.07) is 0. The molecule has 0 amide bonds. The maximum absolute atomic E-state index is 2.14. The quantitative estimate of drug-likeness (QED) is 0.490. The van der Waals surface area contributed by atoms with Crippen LogP contribution in [0.25, 0.3) is 0 Å². The Bertz CT molecular complexity index is 74.1. The molecule has 40 valence electrons. The molecule has 2 heteroatoms. The Hall–Kier alpha value is 0.120. The highest BCUT2D eigenvalue weighted by Crippen LogP contribution is 2.05. The second kappa shape index (κ2) is 4.28. The number of allylic oxidation sites excluding steroid dienone is 2. The second-order valence-corrected chi connectivity index (χ2v) is 2.03. The third-order valence-corrected chi connectivity index (χ3v) is 1.35. The van der Waals surface area contributed by atoms with Crippen molar-refractivity contribution in [1.82, 2.24) is 0 Å². The van der Waals surface area contributed by atoms with Crippen molar-refractivity contribution in [2.24, 2.45) is 0 Å². The number of hydrogen-bond acceptors (Lipinski definition) is 1. The predicted molar refractivity (Wildman–Crippen MR) is 38.0 cm³/mol. The van der Waals surface area contributed by atoms with Gasteiger partial charge in [0.2, 0.25) is 0 Å². The summed E-state index contributed by atoms with van der Waals surface area (Å²) in [6.45, 7) is 0. The minimum absolute atomic E-state index is 0. The Kier molecular flexibility index (Phi) is 4.36. The van der Waals surface area contributed by atoms with E-state index in [1.165, 1.54) is 0 Å². The molecular formula is C5H7ClS. The summed E-state index contributed by atoms with van der Waals surface area (Å²) in [5, 5.41) is 2.10. The monoisotopic (exact) mass is 134 g/mol. The predicted octanol–water partition coefficient (Wildman–Crippen LogP) is 2.22. The van der Waals surface area contributed by atoms with Gasteiger partial charge in [-0.05, 0) is 5.41 Å². The van der Waals surface area contributed by atoms with Crippen LogP contribution in [0.4, 0.5) is 0 Å². The van der Waals surface area contributed by atoms with Gasteiger partial charge in [0.05, 0.1) is 0 Å². The molecule has 0 aliphatic carbocycles. The Labute approximate surface area is 54.1 Å². The van der Waals surface area contributed by atoms with Crippen molar-refractivity contribution in [3.8, 4) is 0 Å². The number of thioether (sulfide) groups is 1. The molecule has 0 aromatic carbocycles. The van der Waals surface area contributed by atoms with Crippen LogP contribution in [0.3, 0.4) is 0 Å². The van der Waals surface area contributed by atoms with Crippen LogP contribution in [0, 0.1) is 0 Å². The average molecular weight is 135 g/mol. The first kappa shape index (κ1) is 7.12. The molecule has 1 aliphatic rings. The average Bonchev–Trinajstić information content (AvgIpc) is 1.72. The Morgan fingerprint density at radius 1 is 1.29 bits per heavy atom. The minimum atomic E-state index is 0. The van der Waals surface area contributed by atoms with Gasteiger partial charge in [-0.3, -0.25) is 0 Å². The summed E-state index contributed by atoms with van der Waals surface area (Å²) in [7, 11) is 0. The van der Waals surface area contributed by atoms with Crippen molar-refractivity contribution < 1.29 is 0 Å². The molecule has 1 rings (SSSR count). The van der Waals surface area contributed by atoms with Crippen molar-refractivity contribution in [2.75, 3.05) is 5.75 Å². The summed E-state index contributed by atoms with van der Waals surface area (Å²) in [4.78, 5) is 0. The molecule has 0 N–H and O–H groups in total. The third kappa shape index (κ3) is 2.77. The van der Waals surface area contributed by atoms with Crippen LogP contribution < -0.4 is 0 Å². The van der Waals surface area contributed by atoms with Gasteiger partial charge in [-0.2, -0.15) is 0 Å². The molecule has 0 aromatic heterocycles. The summed E-state index contributed by atoms with van der Waals surface area (Å²) in [5.74, 6) is 1.15. The van der Waals surface area contributed by atoms with Crippen LogP contribution in [0.5, 0.6) is 0 Å². The van der Waals surface area contributed by atoms with Crippen molar-refractivity contribution in [3.63, 3.8) is 0 Å². The van der Waals surface area contributed by atoms with Crippen LogP contribution in [-0.2, 0) is 0 Å². The Morgan fingerprint density at radius 2 is 2.14 bits per heavy atom. The van der Waals surface area contributed by atoms with Crippen LogP contribution in [0.15, 0.2) is 23.6 Å². The van der Waals surface area contributed by atoms with Gasteiger partial charge in [-0.1, -0.05) is 18.2 Å². The topological polar surface area (TPSA) is 0 Å². The fourth-order valence-corrected chi connectivity index (χ4v) is 0.881. The van der Waals surface area contributed by atoms with Crippen LogP contribution in [0.1, 0.15) is 0 Å². The highest BCUT2D eigenvalue weighted by atomic mass is 35.5. The lowest BCUT2D eigenvalue weighted by atomic mass is 10.5. The molecule has 0 bridgehead atoms. The summed E-state index contributed by atoms with van der Waals surface area (Å²) >= 11 is 1.83. The van der Waals surface area contributed by atoms with Crippen LogP contribution in [-0.4, -0.2) is 5.75 Å². The molecule has 0 aromatic rings. The van der Waals surface area contributed by atoms with E-state index in [4.69, 9.17) is 0 Å². The minimum Gasteiger partial charge on any atom is -0.147 e. The number of rotatable bonds is 0. The number of hydrogen-bond donors (Lipinski definition) is 0. The summed E-state index contributed by atoms with van der Waals surface area (Å²) in [5.41, 5.74) is 0. The van der Waals surface area contributed by atoms with E-state index in [9.17, 15) is 0 Å². The fraction of sp³-hybridized carbons (Fsp3) is 0.200. The van der Waals surface area contributed by atoms with E-state index >= 15 is 0 Å². The zero-order valence-corrected chi connectivity index (χ0v) is 5.47. The highest BCUT2D eigenvalue weighted by molar-refractivity contribution is 8.02. The van der Waals surface area contributed by atoms with Crippen molar-refractivity contribution in [1.29, 1.82) is 0 Å². The van der Waals surface area contributed by atoms with Gasteiger partial charge in [0.1, 0.15) is 0 Å². The van der Waals surface area contributed by atoms with E-state index in [0.29, 0.717) is 0 Å². The van der Waals surface area contributed by atoms with E-state index in [-0.39, 0.29) is 12.4 Å². The molecule has 0 unspecified atom stereocenters. The molecule has 0 radical (unpaired) electrons. The third-order valence-electron chi connectivity index (χ3n) is 0.614. The first-order chi connectivity index (χ1) is 3.00. The zero-order chi connectivity index (χ0) is 4.24. The van der Waals surface area contributed by atoms with Gasteiger partial charge >= 0.3 is 0 Å². The normalized spacial score (nSPS) is 16.0. The first-order valence-corrected chi connectivity index (χ1v) is 2.98. The van der Waals surface area contributed by atoms with Gasteiger partial charge in [-0.15, -0.1) is 24.2 Å². The van der Waals surface area contributed by atoms with Gasteiger partial charge in [0, 0.05) is 5.75 Å². The zero-order valence-electron chi connectivity index (χ0n) is 3.83. The molecule has 1 heterocycles. The number of halogens is 1. The molecule has 0 fully saturated rings. The molecule has 0 saturated carbocycles. The van der Waals surface area contributed by atoms with E-state index < -0.39 is 0 Å². The molecular weight excluding hydrogens is 128 g/mol. The lowest BCUT2D eigenvalue weighted by molar-refractivity contribution is 1.74. The standard InChI is InChI=1S/C5H6S.ClH/c1-2-4-6-5-3-1;/h1-4H,5H2;1H. The lowest BCUT2D eigenvalue weighted by Gasteiger charge is -1.88. The summed E-state index contributed by atoms with van der Waals surface area (Å²) < 4.78 is 0. The highest BCUT2D eigenvalue weighted by Gasteiger charge is 1.77. The molecule has 7 heavy (non-hydrogen) atoms.